The van der Waals surface area contributed by atoms with Crippen LogP contribution in [0.2, 0.25) is 0 Å². The number of nitrogens with one attached hydrogen (secondary N) is 2. The molecule has 5 nitrogen and oxygen atoms in total. The van der Waals surface area contributed by atoms with Crippen molar-refractivity contribution in [1.29, 1.82) is 0 Å². The van der Waals surface area contributed by atoms with Gasteiger partial charge in [0.1, 0.15) is 5.75 Å². The fraction of sp³-hybridized carbons (Fsp3) is 0.389. The van der Waals surface area contributed by atoms with E-state index in [-0.39, 0.29) is 12.1 Å². The minimum Gasteiger partial charge on any atom is -0.497 e. The lowest BCUT2D eigenvalue weighted by atomic mass is 10.1. The summed E-state index contributed by atoms with van der Waals surface area (Å²) in [5.74, 6) is 0.723. The fourth-order valence-electron chi connectivity index (χ4n) is 3.04. The third-order valence-corrected chi connectivity index (χ3v) is 4.99. The standard InChI is InChI=1S/C18H23N3O2S/c1-23-16-6-4-5-15(11-16)20-18(22)19-12-17(14-7-10-24-13-14)21-8-2-3-9-21/h4-7,10-11,13,17H,2-3,8-9,12H2,1H3,(H2,19,20,22). The number of methoxy groups -OCH3 is 1. The molecule has 1 fully saturated rings. The van der Waals surface area contributed by atoms with Gasteiger partial charge in [-0.25, -0.2) is 4.79 Å². The van der Waals surface area contributed by atoms with Gasteiger partial charge in [0.05, 0.1) is 13.2 Å². The lowest BCUT2D eigenvalue weighted by Crippen LogP contribution is -2.38. The van der Waals surface area contributed by atoms with E-state index < -0.39 is 0 Å². The lowest BCUT2D eigenvalue weighted by molar-refractivity contribution is 0.228. The molecule has 6 heteroatoms. The van der Waals surface area contributed by atoms with Crippen molar-refractivity contribution in [3.63, 3.8) is 0 Å². The van der Waals surface area contributed by atoms with Crippen LogP contribution in [0.1, 0.15) is 24.4 Å². The molecular formula is C18H23N3O2S. The largest absolute Gasteiger partial charge is 0.497 e. The second-order valence-corrected chi connectivity index (χ2v) is 6.66. The van der Waals surface area contributed by atoms with Gasteiger partial charge in [0, 0.05) is 18.3 Å². The summed E-state index contributed by atoms with van der Waals surface area (Å²) >= 11 is 1.70. The van der Waals surface area contributed by atoms with Crippen LogP contribution in [0.4, 0.5) is 10.5 Å². The summed E-state index contributed by atoms with van der Waals surface area (Å²) in [5.41, 5.74) is 2.00. The Morgan fingerprint density at radius 2 is 2.17 bits per heavy atom. The van der Waals surface area contributed by atoms with Gasteiger partial charge in [-0.05, 0) is 60.5 Å². The summed E-state index contributed by atoms with van der Waals surface area (Å²) in [6.07, 6.45) is 2.47. The first-order chi connectivity index (χ1) is 11.8. The normalized spacial score (nSPS) is 15.9. The first-order valence-electron chi connectivity index (χ1n) is 8.21. The fourth-order valence-corrected chi connectivity index (χ4v) is 3.75. The van der Waals surface area contributed by atoms with E-state index in [9.17, 15) is 4.79 Å². The molecule has 0 saturated carbocycles. The Balaban J connectivity index is 1.58. The van der Waals surface area contributed by atoms with E-state index in [2.05, 4.69) is 32.4 Å². The highest BCUT2D eigenvalue weighted by Gasteiger charge is 2.24. The van der Waals surface area contributed by atoms with Crippen molar-refractivity contribution >= 4 is 23.1 Å². The molecule has 2 aromatic rings. The van der Waals surface area contributed by atoms with Gasteiger partial charge in [0.2, 0.25) is 0 Å². The molecule has 0 spiro atoms. The van der Waals surface area contributed by atoms with Crippen LogP contribution in [0.15, 0.2) is 41.1 Å². The van der Waals surface area contributed by atoms with Crippen molar-refractivity contribution in [2.75, 3.05) is 32.1 Å². The van der Waals surface area contributed by atoms with Crippen LogP contribution in [0, 0.1) is 0 Å². The Hall–Kier alpha value is -2.05. The molecular weight excluding hydrogens is 322 g/mol. The van der Waals surface area contributed by atoms with Crippen LogP contribution in [0.5, 0.6) is 5.75 Å². The number of likely N-dealkylation sites (tertiary alicyclic amines) is 1. The van der Waals surface area contributed by atoms with E-state index in [0.29, 0.717) is 6.54 Å². The minimum atomic E-state index is -0.192. The van der Waals surface area contributed by atoms with E-state index in [4.69, 9.17) is 4.74 Å². The third-order valence-electron chi connectivity index (χ3n) is 4.29. The Morgan fingerprint density at radius 1 is 1.33 bits per heavy atom. The average Bonchev–Trinajstić information content (AvgIpc) is 3.29. The predicted molar refractivity (Wildman–Crippen MR) is 97.9 cm³/mol. The first-order valence-corrected chi connectivity index (χ1v) is 9.15. The van der Waals surface area contributed by atoms with Gasteiger partial charge in [-0.15, -0.1) is 0 Å². The predicted octanol–water partition coefficient (Wildman–Crippen LogP) is 3.72. The minimum absolute atomic E-state index is 0.192. The highest BCUT2D eigenvalue weighted by atomic mass is 32.1. The number of carbonyl (C=O) groups excluding carboxylic acids is 1. The number of anilines is 1. The van der Waals surface area contributed by atoms with E-state index in [1.807, 2.05) is 18.2 Å². The number of benzene rings is 1. The molecule has 128 valence electrons. The van der Waals surface area contributed by atoms with Crippen molar-refractivity contribution in [3.05, 3.63) is 46.7 Å². The molecule has 1 aliphatic rings. The van der Waals surface area contributed by atoms with Crippen molar-refractivity contribution in [3.8, 4) is 5.75 Å². The maximum absolute atomic E-state index is 12.2. The van der Waals surface area contributed by atoms with Gasteiger partial charge < -0.3 is 15.4 Å². The number of hydrogen-bond acceptors (Lipinski definition) is 4. The van der Waals surface area contributed by atoms with Crippen molar-refractivity contribution < 1.29 is 9.53 Å². The Kier molecular flexibility index (Phi) is 5.72. The molecule has 0 aliphatic carbocycles. The summed E-state index contributed by atoms with van der Waals surface area (Å²) in [4.78, 5) is 14.7. The number of nitrogens with zero attached hydrogens (tertiary/aromatic N) is 1. The van der Waals surface area contributed by atoms with Crippen LogP contribution in [-0.4, -0.2) is 37.7 Å². The first kappa shape index (κ1) is 16.8. The van der Waals surface area contributed by atoms with Crippen molar-refractivity contribution in [2.24, 2.45) is 0 Å². The highest BCUT2D eigenvalue weighted by molar-refractivity contribution is 7.07. The number of thiophene rings is 1. The molecule has 1 unspecified atom stereocenters. The number of urea groups is 1. The van der Waals surface area contributed by atoms with Gasteiger partial charge in [-0.3, -0.25) is 4.90 Å². The van der Waals surface area contributed by atoms with Crippen LogP contribution < -0.4 is 15.4 Å². The van der Waals surface area contributed by atoms with Crippen LogP contribution in [-0.2, 0) is 0 Å². The topological polar surface area (TPSA) is 53.6 Å². The second kappa shape index (κ2) is 8.17. The molecule has 2 amide bonds. The SMILES string of the molecule is COc1cccc(NC(=O)NCC(c2ccsc2)N2CCCC2)c1. The Morgan fingerprint density at radius 3 is 2.88 bits per heavy atom. The number of hydrogen-bond donors (Lipinski definition) is 2. The third kappa shape index (κ3) is 4.27. The summed E-state index contributed by atoms with van der Waals surface area (Å²) < 4.78 is 5.17. The van der Waals surface area contributed by atoms with Gasteiger partial charge >= 0.3 is 6.03 Å². The summed E-state index contributed by atoms with van der Waals surface area (Å²) in [5, 5.41) is 10.1. The van der Waals surface area contributed by atoms with Gasteiger partial charge in [0.25, 0.3) is 0 Å². The zero-order chi connectivity index (χ0) is 16.8. The molecule has 1 aromatic heterocycles. The van der Waals surface area contributed by atoms with Crippen LogP contribution in [0.25, 0.3) is 0 Å². The highest BCUT2D eigenvalue weighted by Crippen LogP contribution is 2.26. The van der Waals surface area contributed by atoms with Crippen molar-refractivity contribution in [1.82, 2.24) is 10.2 Å². The van der Waals surface area contributed by atoms with Gasteiger partial charge in [-0.2, -0.15) is 11.3 Å². The number of rotatable bonds is 6. The number of amides is 2. The van der Waals surface area contributed by atoms with Crippen LogP contribution in [0.3, 0.4) is 0 Å². The van der Waals surface area contributed by atoms with Crippen LogP contribution >= 0.6 is 11.3 Å². The summed E-state index contributed by atoms with van der Waals surface area (Å²) in [6.45, 7) is 2.80. The quantitative estimate of drug-likeness (QED) is 0.839. The molecule has 3 rings (SSSR count). The molecule has 1 aromatic carbocycles. The van der Waals surface area contributed by atoms with Crippen molar-refractivity contribution in [2.45, 2.75) is 18.9 Å². The summed E-state index contributed by atoms with van der Waals surface area (Å²) in [7, 11) is 1.61. The number of carbonyl (C=O) groups is 1. The maximum atomic E-state index is 12.2. The molecule has 2 N–H and O–H groups in total. The molecule has 2 heterocycles. The average molecular weight is 345 g/mol. The van der Waals surface area contributed by atoms with E-state index >= 15 is 0 Å². The monoisotopic (exact) mass is 345 g/mol. The summed E-state index contributed by atoms with van der Waals surface area (Å²) in [6, 6.07) is 9.55. The Bertz CT molecular complexity index is 654. The molecule has 0 radical (unpaired) electrons. The van der Waals surface area contributed by atoms with Gasteiger partial charge in [0.15, 0.2) is 0 Å². The maximum Gasteiger partial charge on any atom is 0.319 e. The Labute approximate surface area is 146 Å². The van der Waals surface area contributed by atoms with E-state index in [1.54, 1.807) is 24.5 Å². The zero-order valence-electron chi connectivity index (χ0n) is 13.8. The molecule has 0 bridgehead atoms. The van der Waals surface area contributed by atoms with Gasteiger partial charge in [-0.1, -0.05) is 6.07 Å². The van der Waals surface area contributed by atoms with E-state index in [0.717, 1.165) is 24.5 Å². The zero-order valence-corrected chi connectivity index (χ0v) is 14.6. The number of ether oxygens (including phenoxy) is 1. The second-order valence-electron chi connectivity index (χ2n) is 5.88. The molecule has 1 atom stereocenters. The molecule has 24 heavy (non-hydrogen) atoms. The smallest absolute Gasteiger partial charge is 0.319 e. The molecule has 1 saturated heterocycles. The lowest BCUT2D eigenvalue weighted by Gasteiger charge is -2.27. The molecule has 1 aliphatic heterocycles. The van der Waals surface area contributed by atoms with E-state index in [1.165, 1.54) is 18.4 Å².